The zero-order valence-corrected chi connectivity index (χ0v) is 11.4. The van der Waals surface area contributed by atoms with Gasteiger partial charge in [0.05, 0.1) is 13.0 Å². The van der Waals surface area contributed by atoms with Crippen molar-refractivity contribution < 1.29 is 19.4 Å². The van der Waals surface area contributed by atoms with Gasteiger partial charge in [-0.1, -0.05) is 23.8 Å². The fraction of sp³-hybridized carbons (Fsp3) is 0.429. The maximum atomic E-state index is 11.8. The number of hydrogen-bond donors (Lipinski definition) is 2. The molecule has 0 spiro atoms. The van der Waals surface area contributed by atoms with Gasteiger partial charge in [-0.15, -0.1) is 0 Å². The first-order valence-electron chi connectivity index (χ1n) is 6.01. The summed E-state index contributed by atoms with van der Waals surface area (Å²) in [5.41, 5.74) is 2.98. The van der Waals surface area contributed by atoms with Crippen LogP contribution < -0.4 is 5.32 Å². The van der Waals surface area contributed by atoms with Crippen LogP contribution in [0, 0.1) is 13.8 Å². The maximum Gasteiger partial charge on any atom is 0.328 e. The number of ether oxygens (including phenoxy) is 1. The van der Waals surface area contributed by atoms with Crippen molar-refractivity contribution >= 4 is 11.9 Å². The van der Waals surface area contributed by atoms with Gasteiger partial charge in [0.25, 0.3) is 0 Å². The van der Waals surface area contributed by atoms with Crippen LogP contribution in [0.3, 0.4) is 0 Å². The van der Waals surface area contributed by atoms with E-state index in [2.05, 4.69) is 5.32 Å². The van der Waals surface area contributed by atoms with Crippen molar-refractivity contribution in [3.63, 3.8) is 0 Å². The monoisotopic (exact) mass is 265 g/mol. The number of nitrogens with one attached hydrogen (secondary N) is 1. The van der Waals surface area contributed by atoms with Gasteiger partial charge in [0, 0.05) is 7.11 Å². The Labute approximate surface area is 112 Å². The number of aliphatic carboxylic acids is 1. The summed E-state index contributed by atoms with van der Waals surface area (Å²) in [5.74, 6) is -1.42. The van der Waals surface area contributed by atoms with Gasteiger partial charge in [0.1, 0.15) is 0 Å². The van der Waals surface area contributed by atoms with Gasteiger partial charge < -0.3 is 15.2 Å². The van der Waals surface area contributed by atoms with Crippen molar-refractivity contribution in [3.05, 3.63) is 34.9 Å². The molecule has 0 saturated carbocycles. The molecular formula is C14H19NO4. The molecule has 1 atom stereocenters. The van der Waals surface area contributed by atoms with Crippen LogP contribution in [0.25, 0.3) is 0 Å². The third-order valence-corrected chi connectivity index (χ3v) is 2.82. The van der Waals surface area contributed by atoms with Gasteiger partial charge in [0.15, 0.2) is 6.04 Å². The van der Waals surface area contributed by atoms with E-state index in [1.165, 1.54) is 7.11 Å². The molecule has 1 aromatic carbocycles. The SMILES string of the molecule is COCC(NC(=O)Cc1cc(C)ccc1C)C(=O)O. The first-order valence-corrected chi connectivity index (χ1v) is 6.01. The molecule has 104 valence electrons. The lowest BCUT2D eigenvalue weighted by Gasteiger charge is -2.14. The van der Waals surface area contributed by atoms with Gasteiger partial charge in [0.2, 0.25) is 5.91 Å². The summed E-state index contributed by atoms with van der Waals surface area (Å²) in [7, 11) is 1.40. The summed E-state index contributed by atoms with van der Waals surface area (Å²) in [6.07, 6.45) is 0.168. The molecule has 0 fully saturated rings. The van der Waals surface area contributed by atoms with E-state index in [0.717, 1.165) is 16.7 Å². The van der Waals surface area contributed by atoms with Crippen LogP contribution in [-0.2, 0) is 20.7 Å². The molecule has 1 aromatic rings. The predicted molar refractivity (Wildman–Crippen MR) is 71.1 cm³/mol. The van der Waals surface area contributed by atoms with Crippen LogP contribution in [0.5, 0.6) is 0 Å². The number of benzene rings is 1. The molecule has 5 heteroatoms. The Bertz CT molecular complexity index is 471. The molecular weight excluding hydrogens is 246 g/mol. The zero-order valence-electron chi connectivity index (χ0n) is 11.4. The highest BCUT2D eigenvalue weighted by Gasteiger charge is 2.19. The van der Waals surface area contributed by atoms with Crippen molar-refractivity contribution in [2.45, 2.75) is 26.3 Å². The normalized spacial score (nSPS) is 11.9. The fourth-order valence-corrected chi connectivity index (χ4v) is 1.75. The molecule has 1 amide bonds. The van der Waals surface area contributed by atoms with E-state index in [9.17, 15) is 9.59 Å². The molecule has 0 bridgehead atoms. The Morgan fingerprint density at radius 2 is 2.05 bits per heavy atom. The van der Waals surface area contributed by atoms with Gasteiger partial charge in [-0.2, -0.15) is 0 Å². The summed E-state index contributed by atoms with van der Waals surface area (Å²) in [4.78, 5) is 22.7. The van der Waals surface area contributed by atoms with Gasteiger partial charge >= 0.3 is 5.97 Å². The maximum absolute atomic E-state index is 11.8. The Morgan fingerprint density at radius 1 is 1.37 bits per heavy atom. The predicted octanol–water partition coefficient (Wildman–Crippen LogP) is 1.06. The standard InChI is InChI=1S/C14H19NO4/c1-9-4-5-10(2)11(6-9)7-13(16)15-12(8-19-3)14(17)18/h4-6,12H,7-8H2,1-3H3,(H,15,16)(H,17,18). The lowest BCUT2D eigenvalue weighted by molar-refractivity contribution is -0.143. The van der Waals surface area contributed by atoms with Crippen LogP contribution in [0.15, 0.2) is 18.2 Å². The Hall–Kier alpha value is -1.88. The van der Waals surface area contributed by atoms with Crippen molar-refractivity contribution in [1.82, 2.24) is 5.32 Å². The van der Waals surface area contributed by atoms with Crippen LogP contribution >= 0.6 is 0 Å². The average molecular weight is 265 g/mol. The van der Waals surface area contributed by atoms with Crippen LogP contribution in [0.4, 0.5) is 0 Å². The summed E-state index contributed by atoms with van der Waals surface area (Å²) in [6, 6.07) is 4.84. The summed E-state index contributed by atoms with van der Waals surface area (Å²) in [5, 5.41) is 11.4. The van der Waals surface area contributed by atoms with E-state index in [-0.39, 0.29) is 18.9 Å². The Morgan fingerprint density at radius 3 is 2.63 bits per heavy atom. The highest BCUT2D eigenvalue weighted by Crippen LogP contribution is 2.11. The fourth-order valence-electron chi connectivity index (χ4n) is 1.75. The van der Waals surface area contributed by atoms with Crippen molar-refractivity contribution in [2.24, 2.45) is 0 Å². The molecule has 0 saturated heterocycles. The zero-order chi connectivity index (χ0) is 14.4. The Kier molecular flexibility index (Phi) is 5.51. The quantitative estimate of drug-likeness (QED) is 0.806. The Balaban J connectivity index is 2.68. The highest BCUT2D eigenvalue weighted by molar-refractivity contribution is 5.85. The molecule has 0 aliphatic heterocycles. The molecule has 0 heterocycles. The van der Waals surface area contributed by atoms with Crippen molar-refractivity contribution in [2.75, 3.05) is 13.7 Å². The molecule has 0 aliphatic rings. The third kappa shape index (κ3) is 4.71. The van der Waals surface area contributed by atoms with Crippen molar-refractivity contribution in [1.29, 1.82) is 0 Å². The number of methoxy groups -OCH3 is 1. The van der Waals surface area contributed by atoms with E-state index < -0.39 is 12.0 Å². The lowest BCUT2D eigenvalue weighted by Crippen LogP contribution is -2.44. The number of aryl methyl sites for hydroxylation is 2. The van der Waals surface area contributed by atoms with Gasteiger partial charge in [-0.25, -0.2) is 4.79 Å². The number of carboxylic acids is 1. The van der Waals surface area contributed by atoms with Gasteiger partial charge in [-0.3, -0.25) is 4.79 Å². The van der Waals surface area contributed by atoms with E-state index in [4.69, 9.17) is 9.84 Å². The van der Waals surface area contributed by atoms with Gasteiger partial charge in [-0.05, 0) is 25.0 Å². The second-order valence-corrected chi connectivity index (χ2v) is 4.52. The molecule has 2 N–H and O–H groups in total. The number of amides is 1. The van der Waals surface area contributed by atoms with E-state index in [0.29, 0.717) is 0 Å². The first kappa shape index (κ1) is 15.2. The third-order valence-electron chi connectivity index (χ3n) is 2.82. The minimum atomic E-state index is -1.10. The molecule has 19 heavy (non-hydrogen) atoms. The smallest absolute Gasteiger partial charge is 0.328 e. The number of hydrogen-bond acceptors (Lipinski definition) is 3. The summed E-state index contributed by atoms with van der Waals surface area (Å²) < 4.78 is 4.76. The lowest BCUT2D eigenvalue weighted by atomic mass is 10.0. The van der Waals surface area contributed by atoms with E-state index in [1.807, 2.05) is 32.0 Å². The molecule has 0 aliphatic carbocycles. The molecule has 5 nitrogen and oxygen atoms in total. The largest absolute Gasteiger partial charge is 0.480 e. The summed E-state index contributed by atoms with van der Waals surface area (Å²) in [6.45, 7) is 3.82. The second-order valence-electron chi connectivity index (χ2n) is 4.52. The van der Waals surface area contributed by atoms with Crippen LogP contribution in [0.1, 0.15) is 16.7 Å². The van der Waals surface area contributed by atoms with Crippen molar-refractivity contribution in [3.8, 4) is 0 Å². The molecule has 1 unspecified atom stereocenters. The summed E-state index contributed by atoms with van der Waals surface area (Å²) >= 11 is 0. The topological polar surface area (TPSA) is 75.6 Å². The first-order chi connectivity index (χ1) is 8.93. The minimum Gasteiger partial charge on any atom is -0.480 e. The molecule has 0 radical (unpaired) electrons. The average Bonchev–Trinajstić information content (AvgIpc) is 2.33. The van der Waals surface area contributed by atoms with E-state index in [1.54, 1.807) is 0 Å². The van der Waals surface area contributed by atoms with Crippen LogP contribution in [-0.4, -0.2) is 36.7 Å². The number of rotatable bonds is 6. The minimum absolute atomic E-state index is 0.0477. The molecule has 1 rings (SSSR count). The number of carboxylic acid groups (broad SMARTS) is 1. The second kappa shape index (κ2) is 6.89. The number of carbonyl (C=O) groups is 2. The number of carbonyl (C=O) groups excluding carboxylic acids is 1. The molecule has 0 aromatic heterocycles. The highest BCUT2D eigenvalue weighted by atomic mass is 16.5. The van der Waals surface area contributed by atoms with E-state index >= 15 is 0 Å². The van der Waals surface area contributed by atoms with Crippen LogP contribution in [0.2, 0.25) is 0 Å².